The highest BCUT2D eigenvalue weighted by Crippen LogP contribution is 2.29. The van der Waals surface area contributed by atoms with Crippen molar-refractivity contribution in [3.8, 4) is 0 Å². The first-order valence-electron chi connectivity index (χ1n) is 5.67. The lowest BCUT2D eigenvalue weighted by atomic mass is 10.0. The van der Waals surface area contributed by atoms with E-state index in [2.05, 4.69) is 0 Å². The number of nitrogen functional groups attached to an aromatic ring is 1. The maximum atomic E-state index is 13.7. The van der Waals surface area contributed by atoms with E-state index in [-0.39, 0.29) is 5.69 Å². The minimum absolute atomic E-state index is 0.0752. The van der Waals surface area contributed by atoms with Crippen molar-refractivity contribution < 1.29 is 12.8 Å². The molecule has 102 valence electrons. The molecule has 0 fully saturated rings. The number of sulfonamides is 1. The first-order valence-corrected chi connectivity index (χ1v) is 7.11. The van der Waals surface area contributed by atoms with Crippen molar-refractivity contribution in [2.24, 2.45) is 0 Å². The zero-order valence-electron chi connectivity index (χ0n) is 11.1. The molecule has 0 heterocycles. The Balaban J connectivity index is 3.40. The normalized spacial score (nSPS) is 13.0. The molecule has 0 saturated carbocycles. The number of hydrogen-bond donors (Lipinski definition) is 1. The number of anilines is 1. The monoisotopic (exact) mass is 274 g/mol. The fourth-order valence-corrected chi connectivity index (χ4v) is 3.22. The summed E-state index contributed by atoms with van der Waals surface area (Å²) in [6, 6.07) is 3.85. The molecule has 1 aromatic carbocycles. The van der Waals surface area contributed by atoms with Gasteiger partial charge in [-0.15, -0.1) is 0 Å². The van der Waals surface area contributed by atoms with Gasteiger partial charge < -0.3 is 5.73 Å². The van der Waals surface area contributed by atoms with E-state index in [1.165, 1.54) is 19.2 Å². The summed E-state index contributed by atoms with van der Waals surface area (Å²) in [5.41, 5.74) is 4.91. The van der Waals surface area contributed by atoms with Crippen molar-refractivity contribution in [1.82, 2.24) is 4.31 Å². The summed E-state index contributed by atoms with van der Waals surface area (Å²) >= 11 is 0. The van der Waals surface area contributed by atoms with Gasteiger partial charge in [-0.25, -0.2) is 12.8 Å². The molecule has 6 heteroatoms. The summed E-state index contributed by atoms with van der Waals surface area (Å²) in [7, 11) is -2.50. The Labute approximate surface area is 108 Å². The SMILES string of the molecule is CCC(C)(C)N(C)S(=O)(=O)c1c(N)cccc1F. The van der Waals surface area contributed by atoms with Crippen LogP contribution in [0, 0.1) is 5.82 Å². The van der Waals surface area contributed by atoms with E-state index in [1.54, 1.807) is 13.8 Å². The number of hydrogen-bond acceptors (Lipinski definition) is 3. The van der Waals surface area contributed by atoms with Crippen molar-refractivity contribution in [3.63, 3.8) is 0 Å². The van der Waals surface area contributed by atoms with Gasteiger partial charge >= 0.3 is 0 Å². The van der Waals surface area contributed by atoms with Crippen molar-refractivity contribution in [2.45, 2.75) is 37.6 Å². The van der Waals surface area contributed by atoms with E-state index >= 15 is 0 Å². The first-order chi connectivity index (χ1) is 8.14. The predicted molar refractivity (Wildman–Crippen MR) is 70.1 cm³/mol. The Morgan fingerprint density at radius 3 is 2.39 bits per heavy atom. The number of halogens is 1. The second kappa shape index (κ2) is 4.85. The third kappa shape index (κ3) is 2.49. The zero-order valence-corrected chi connectivity index (χ0v) is 11.9. The van der Waals surface area contributed by atoms with Gasteiger partial charge in [-0.1, -0.05) is 13.0 Å². The maximum absolute atomic E-state index is 13.7. The van der Waals surface area contributed by atoms with Gasteiger partial charge in [-0.2, -0.15) is 4.31 Å². The first kappa shape index (κ1) is 14.9. The number of nitrogens with two attached hydrogens (primary N) is 1. The molecule has 0 amide bonds. The molecule has 0 aliphatic heterocycles. The molecule has 0 aromatic heterocycles. The van der Waals surface area contributed by atoms with E-state index in [1.807, 2.05) is 6.92 Å². The van der Waals surface area contributed by atoms with Crippen LogP contribution >= 0.6 is 0 Å². The average Bonchev–Trinajstić information content (AvgIpc) is 2.27. The van der Waals surface area contributed by atoms with Crippen molar-refractivity contribution >= 4 is 15.7 Å². The van der Waals surface area contributed by atoms with Crippen LogP contribution in [0.1, 0.15) is 27.2 Å². The van der Waals surface area contributed by atoms with Crippen LogP contribution in [-0.2, 0) is 10.0 Å². The Hall–Kier alpha value is -1.14. The largest absolute Gasteiger partial charge is 0.398 e. The summed E-state index contributed by atoms with van der Waals surface area (Å²) < 4.78 is 39.6. The third-order valence-corrected chi connectivity index (χ3v) is 5.50. The molecule has 0 radical (unpaired) electrons. The van der Waals surface area contributed by atoms with Gasteiger partial charge in [0.1, 0.15) is 10.7 Å². The highest BCUT2D eigenvalue weighted by Gasteiger charge is 2.35. The third-order valence-electron chi connectivity index (χ3n) is 3.33. The minimum atomic E-state index is -3.94. The summed E-state index contributed by atoms with van der Waals surface area (Å²) in [6.45, 7) is 5.43. The fourth-order valence-electron chi connectivity index (χ4n) is 1.48. The smallest absolute Gasteiger partial charge is 0.248 e. The van der Waals surface area contributed by atoms with E-state index in [9.17, 15) is 12.8 Å². The molecule has 18 heavy (non-hydrogen) atoms. The van der Waals surface area contributed by atoms with Crippen LogP contribution in [-0.4, -0.2) is 25.3 Å². The van der Waals surface area contributed by atoms with E-state index in [4.69, 9.17) is 5.73 Å². The molecule has 0 aliphatic rings. The molecule has 0 saturated heterocycles. The average molecular weight is 274 g/mol. The standard InChI is InChI=1S/C12H19FN2O2S/c1-5-12(2,3)15(4)18(16,17)11-9(13)7-6-8-10(11)14/h6-8H,5,14H2,1-4H3. The van der Waals surface area contributed by atoms with E-state index in [0.717, 1.165) is 10.4 Å². The topological polar surface area (TPSA) is 63.4 Å². The van der Waals surface area contributed by atoms with Gasteiger partial charge in [-0.3, -0.25) is 0 Å². The van der Waals surface area contributed by atoms with Gasteiger partial charge in [0.2, 0.25) is 10.0 Å². The van der Waals surface area contributed by atoms with Gasteiger partial charge in [0.15, 0.2) is 0 Å². The predicted octanol–water partition coefficient (Wildman–Crippen LogP) is 2.22. The molecule has 0 aliphatic carbocycles. The Bertz CT molecular complexity index is 521. The summed E-state index contributed by atoms with van der Waals surface area (Å²) in [4.78, 5) is -0.450. The Kier molecular flexibility index (Phi) is 4.02. The number of benzene rings is 1. The molecule has 0 spiro atoms. The van der Waals surface area contributed by atoms with Gasteiger partial charge in [0.05, 0.1) is 5.69 Å². The van der Waals surface area contributed by atoms with Gasteiger partial charge in [-0.05, 0) is 32.4 Å². The lowest BCUT2D eigenvalue weighted by Gasteiger charge is -2.34. The molecular weight excluding hydrogens is 255 g/mol. The number of rotatable bonds is 4. The lowest BCUT2D eigenvalue weighted by Crippen LogP contribution is -2.44. The van der Waals surface area contributed by atoms with Crippen molar-refractivity contribution in [1.29, 1.82) is 0 Å². The summed E-state index contributed by atoms with van der Waals surface area (Å²) in [6.07, 6.45) is 0.608. The van der Waals surface area contributed by atoms with E-state index in [0.29, 0.717) is 6.42 Å². The van der Waals surface area contributed by atoms with Crippen LogP contribution in [0.5, 0.6) is 0 Å². The molecule has 0 atom stereocenters. The van der Waals surface area contributed by atoms with Crippen LogP contribution < -0.4 is 5.73 Å². The minimum Gasteiger partial charge on any atom is -0.398 e. The van der Waals surface area contributed by atoms with Crippen LogP contribution in [0.3, 0.4) is 0 Å². The molecule has 0 bridgehead atoms. The highest BCUT2D eigenvalue weighted by atomic mass is 32.2. The van der Waals surface area contributed by atoms with Crippen LogP contribution in [0.15, 0.2) is 23.1 Å². The Morgan fingerprint density at radius 1 is 1.39 bits per heavy atom. The lowest BCUT2D eigenvalue weighted by molar-refractivity contribution is 0.256. The maximum Gasteiger partial charge on any atom is 0.248 e. The van der Waals surface area contributed by atoms with Crippen LogP contribution in [0.2, 0.25) is 0 Å². The highest BCUT2D eigenvalue weighted by molar-refractivity contribution is 7.89. The quantitative estimate of drug-likeness (QED) is 0.856. The molecule has 4 nitrogen and oxygen atoms in total. The number of nitrogens with zero attached hydrogens (tertiary/aromatic N) is 1. The molecular formula is C12H19FN2O2S. The Morgan fingerprint density at radius 2 is 1.94 bits per heavy atom. The summed E-state index contributed by atoms with van der Waals surface area (Å²) in [5.74, 6) is -0.825. The molecule has 2 N–H and O–H groups in total. The second-order valence-corrected chi connectivity index (χ2v) is 6.70. The summed E-state index contributed by atoms with van der Waals surface area (Å²) in [5, 5.41) is 0. The molecule has 1 rings (SSSR count). The van der Waals surface area contributed by atoms with E-state index < -0.39 is 26.3 Å². The van der Waals surface area contributed by atoms with Crippen molar-refractivity contribution in [2.75, 3.05) is 12.8 Å². The van der Waals surface area contributed by atoms with Crippen LogP contribution in [0.4, 0.5) is 10.1 Å². The second-order valence-electron chi connectivity index (χ2n) is 4.80. The van der Waals surface area contributed by atoms with Crippen LogP contribution in [0.25, 0.3) is 0 Å². The zero-order chi connectivity index (χ0) is 14.1. The van der Waals surface area contributed by atoms with Gasteiger partial charge in [0, 0.05) is 12.6 Å². The molecule has 0 unspecified atom stereocenters. The van der Waals surface area contributed by atoms with Gasteiger partial charge in [0.25, 0.3) is 0 Å². The molecule has 1 aromatic rings. The van der Waals surface area contributed by atoms with Crippen molar-refractivity contribution in [3.05, 3.63) is 24.0 Å². The fraction of sp³-hybridized carbons (Fsp3) is 0.500.